The van der Waals surface area contributed by atoms with Gasteiger partial charge in [-0.1, -0.05) is 25.7 Å². The van der Waals surface area contributed by atoms with E-state index in [-0.39, 0.29) is 0 Å². The van der Waals surface area contributed by atoms with E-state index in [4.69, 9.17) is 0 Å². The Labute approximate surface area is 99.7 Å². The maximum atomic E-state index is 3.76. The summed E-state index contributed by atoms with van der Waals surface area (Å²) in [4.78, 5) is 2.57. The fraction of sp³-hybridized carbons (Fsp3) is 0.571. The van der Waals surface area contributed by atoms with Crippen LogP contribution in [-0.2, 0) is 0 Å². The molecule has 1 fully saturated rings. The lowest BCUT2D eigenvalue weighted by Gasteiger charge is -2.26. The quantitative estimate of drug-likeness (QED) is 0.524. The molecule has 0 saturated carbocycles. The fourth-order valence-corrected chi connectivity index (χ4v) is 2.04. The van der Waals surface area contributed by atoms with Gasteiger partial charge in [0.1, 0.15) is 0 Å². The molecule has 16 heavy (non-hydrogen) atoms. The Bertz CT molecular complexity index is 237. The monoisotopic (exact) mass is 220 g/mol. The van der Waals surface area contributed by atoms with Gasteiger partial charge < -0.3 is 10.2 Å². The first-order chi connectivity index (χ1) is 7.86. The Balaban J connectivity index is 2.08. The number of piperidine rings is 1. The minimum atomic E-state index is 1.02. The molecule has 0 radical (unpaired) electrons. The Morgan fingerprint density at radius 3 is 2.56 bits per heavy atom. The highest BCUT2D eigenvalue weighted by Crippen LogP contribution is 2.08. The zero-order valence-electron chi connectivity index (χ0n) is 10.3. The molecular formula is C14H24N2. The molecule has 1 heterocycles. The van der Waals surface area contributed by atoms with Crippen LogP contribution in [0.1, 0.15) is 25.7 Å². The average Bonchev–Trinajstić information content (AvgIpc) is 2.34. The molecule has 0 aliphatic carbocycles. The molecule has 0 aromatic carbocycles. The number of likely N-dealkylation sites (tertiary alicyclic amines) is 1. The molecule has 0 atom stereocenters. The summed E-state index contributed by atoms with van der Waals surface area (Å²) in [6.07, 6.45) is 10.9. The van der Waals surface area contributed by atoms with Crippen LogP contribution in [0.15, 0.2) is 37.1 Å². The standard InChI is InChI=1S/C14H24N2/c1-3-9-14(4-2)15-10-8-13-16-11-6-5-7-12-16/h3-4,9,15H,1-2,5-8,10-13H2/b14-9+. The number of rotatable bonds is 7. The van der Waals surface area contributed by atoms with Crippen molar-refractivity contribution in [3.05, 3.63) is 37.1 Å². The van der Waals surface area contributed by atoms with E-state index >= 15 is 0 Å². The second-order valence-electron chi connectivity index (χ2n) is 4.24. The van der Waals surface area contributed by atoms with Crippen LogP contribution in [0.25, 0.3) is 0 Å². The van der Waals surface area contributed by atoms with Crippen molar-refractivity contribution in [1.82, 2.24) is 10.2 Å². The van der Waals surface area contributed by atoms with Gasteiger partial charge in [-0.25, -0.2) is 0 Å². The molecule has 1 rings (SSSR count). The Morgan fingerprint density at radius 2 is 1.94 bits per heavy atom. The fourth-order valence-electron chi connectivity index (χ4n) is 2.04. The zero-order valence-corrected chi connectivity index (χ0v) is 10.3. The number of allylic oxidation sites excluding steroid dienone is 3. The largest absolute Gasteiger partial charge is 0.385 e. The van der Waals surface area contributed by atoms with Gasteiger partial charge >= 0.3 is 0 Å². The molecule has 2 heteroatoms. The van der Waals surface area contributed by atoms with E-state index in [1.54, 1.807) is 6.08 Å². The lowest BCUT2D eigenvalue weighted by Crippen LogP contribution is -2.32. The minimum Gasteiger partial charge on any atom is -0.385 e. The Hall–Kier alpha value is -1.02. The Kier molecular flexibility index (Phi) is 6.66. The second kappa shape index (κ2) is 8.17. The molecular weight excluding hydrogens is 196 g/mol. The molecule has 0 spiro atoms. The normalized spacial score (nSPS) is 18.1. The van der Waals surface area contributed by atoms with Crippen molar-refractivity contribution in [3.8, 4) is 0 Å². The summed E-state index contributed by atoms with van der Waals surface area (Å²) in [5.41, 5.74) is 1.06. The highest BCUT2D eigenvalue weighted by molar-refractivity contribution is 5.18. The van der Waals surface area contributed by atoms with Crippen LogP contribution >= 0.6 is 0 Å². The number of hydrogen-bond donors (Lipinski definition) is 1. The molecule has 90 valence electrons. The van der Waals surface area contributed by atoms with Gasteiger partial charge in [-0.15, -0.1) is 0 Å². The van der Waals surface area contributed by atoms with Gasteiger partial charge in [0.25, 0.3) is 0 Å². The van der Waals surface area contributed by atoms with Crippen molar-refractivity contribution < 1.29 is 0 Å². The molecule has 0 aromatic heterocycles. The molecule has 1 aliphatic rings. The van der Waals surface area contributed by atoms with Gasteiger partial charge in [-0.05, 0) is 51.0 Å². The highest BCUT2D eigenvalue weighted by Gasteiger charge is 2.08. The summed E-state index contributed by atoms with van der Waals surface area (Å²) in [6.45, 7) is 12.2. The molecule has 0 bridgehead atoms. The third kappa shape index (κ3) is 5.17. The van der Waals surface area contributed by atoms with E-state index in [2.05, 4.69) is 23.4 Å². The number of hydrogen-bond acceptors (Lipinski definition) is 2. The third-order valence-corrected chi connectivity index (χ3v) is 2.95. The number of nitrogens with zero attached hydrogens (tertiary/aromatic N) is 1. The molecule has 0 aromatic rings. The summed E-state index contributed by atoms with van der Waals surface area (Å²) in [7, 11) is 0. The maximum Gasteiger partial charge on any atom is 0.0333 e. The van der Waals surface area contributed by atoms with Crippen LogP contribution in [0, 0.1) is 0 Å². The van der Waals surface area contributed by atoms with Gasteiger partial charge in [0.2, 0.25) is 0 Å². The van der Waals surface area contributed by atoms with Crippen LogP contribution < -0.4 is 5.32 Å². The van der Waals surface area contributed by atoms with Crippen LogP contribution in [0.3, 0.4) is 0 Å². The molecule has 2 nitrogen and oxygen atoms in total. The molecule has 0 amide bonds. The van der Waals surface area contributed by atoms with Gasteiger partial charge in [0, 0.05) is 12.2 Å². The maximum absolute atomic E-state index is 3.76. The summed E-state index contributed by atoms with van der Waals surface area (Å²) < 4.78 is 0. The summed E-state index contributed by atoms with van der Waals surface area (Å²) in [5, 5.41) is 3.36. The van der Waals surface area contributed by atoms with E-state index in [9.17, 15) is 0 Å². The third-order valence-electron chi connectivity index (χ3n) is 2.95. The van der Waals surface area contributed by atoms with E-state index in [1.165, 1.54) is 45.3 Å². The van der Waals surface area contributed by atoms with Crippen molar-refractivity contribution in [2.45, 2.75) is 25.7 Å². The van der Waals surface area contributed by atoms with E-state index in [0.29, 0.717) is 0 Å². The topological polar surface area (TPSA) is 15.3 Å². The SMILES string of the molecule is C=C/C=C(\C=C)NCCCN1CCCCC1. The summed E-state index contributed by atoms with van der Waals surface area (Å²) in [5.74, 6) is 0. The van der Waals surface area contributed by atoms with Crippen LogP contribution in [-0.4, -0.2) is 31.1 Å². The second-order valence-corrected chi connectivity index (χ2v) is 4.24. The summed E-state index contributed by atoms with van der Waals surface area (Å²) >= 11 is 0. The molecule has 1 aliphatic heterocycles. The van der Waals surface area contributed by atoms with E-state index in [1.807, 2.05) is 12.2 Å². The van der Waals surface area contributed by atoms with Crippen LogP contribution in [0.4, 0.5) is 0 Å². The van der Waals surface area contributed by atoms with Crippen molar-refractivity contribution in [2.24, 2.45) is 0 Å². The number of nitrogens with one attached hydrogen (secondary N) is 1. The molecule has 1 N–H and O–H groups in total. The lowest BCUT2D eigenvalue weighted by molar-refractivity contribution is 0.226. The van der Waals surface area contributed by atoms with Crippen molar-refractivity contribution in [2.75, 3.05) is 26.2 Å². The Morgan fingerprint density at radius 1 is 1.19 bits per heavy atom. The molecule has 1 saturated heterocycles. The minimum absolute atomic E-state index is 1.02. The predicted molar refractivity (Wildman–Crippen MR) is 71.4 cm³/mol. The van der Waals surface area contributed by atoms with Crippen molar-refractivity contribution in [1.29, 1.82) is 0 Å². The first-order valence-electron chi connectivity index (χ1n) is 6.28. The van der Waals surface area contributed by atoms with Crippen molar-refractivity contribution >= 4 is 0 Å². The first kappa shape index (κ1) is 13.0. The van der Waals surface area contributed by atoms with E-state index in [0.717, 1.165) is 12.2 Å². The van der Waals surface area contributed by atoms with Gasteiger partial charge in [0.15, 0.2) is 0 Å². The van der Waals surface area contributed by atoms with Crippen molar-refractivity contribution in [3.63, 3.8) is 0 Å². The van der Waals surface area contributed by atoms with Gasteiger partial charge in [-0.2, -0.15) is 0 Å². The average molecular weight is 220 g/mol. The van der Waals surface area contributed by atoms with E-state index < -0.39 is 0 Å². The summed E-state index contributed by atoms with van der Waals surface area (Å²) in [6, 6.07) is 0. The first-order valence-corrected chi connectivity index (χ1v) is 6.28. The van der Waals surface area contributed by atoms with Gasteiger partial charge in [0.05, 0.1) is 0 Å². The predicted octanol–water partition coefficient (Wildman–Crippen LogP) is 2.71. The smallest absolute Gasteiger partial charge is 0.0333 e. The lowest BCUT2D eigenvalue weighted by atomic mass is 10.1. The van der Waals surface area contributed by atoms with Gasteiger partial charge in [-0.3, -0.25) is 0 Å². The molecule has 0 unspecified atom stereocenters. The zero-order chi connectivity index (χ0) is 11.6. The highest BCUT2D eigenvalue weighted by atomic mass is 15.1. The van der Waals surface area contributed by atoms with Crippen LogP contribution in [0.5, 0.6) is 0 Å². The van der Waals surface area contributed by atoms with Crippen LogP contribution in [0.2, 0.25) is 0 Å².